The van der Waals surface area contributed by atoms with E-state index in [2.05, 4.69) is 240 Å². The van der Waals surface area contributed by atoms with Crippen molar-refractivity contribution in [3.8, 4) is 22.3 Å². The van der Waals surface area contributed by atoms with E-state index >= 15 is 0 Å². The molecule has 15 aromatic rings. The van der Waals surface area contributed by atoms with Crippen LogP contribution < -0.4 is 9.80 Å². The van der Waals surface area contributed by atoms with E-state index in [1.807, 2.05) is 24.3 Å². The minimum atomic E-state index is 0.801. The van der Waals surface area contributed by atoms with Crippen LogP contribution in [-0.2, 0) is 0 Å². The molecule has 0 unspecified atom stereocenters. The van der Waals surface area contributed by atoms with Crippen LogP contribution in [0.2, 0.25) is 0 Å². The Bertz CT molecular complexity index is 4310. The van der Waals surface area contributed by atoms with Gasteiger partial charge in [-0.3, -0.25) is 0 Å². The molecule has 0 bridgehead atoms. The highest BCUT2D eigenvalue weighted by Gasteiger charge is 2.24. The van der Waals surface area contributed by atoms with Crippen LogP contribution in [0.4, 0.5) is 34.1 Å². The molecule has 0 N–H and O–H groups in total. The molecular formula is C68H42N2O3. The zero-order chi connectivity index (χ0) is 48.0. The number of furan rings is 2. The lowest BCUT2D eigenvalue weighted by molar-refractivity contribution is 0.664. The van der Waals surface area contributed by atoms with Crippen molar-refractivity contribution < 1.29 is 13.3 Å². The lowest BCUT2D eigenvalue weighted by Gasteiger charge is -2.27. The van der Waals surface area contributed by atoms with Gasteiger partial charge in [0.05, 0.1) is 11.4 Å². The summed E-state index contributed by atoms with van der Waals surface area (Å²) in [5, 5.41) is 10.8. The molecule has 5 nitrogen and oxygen atoms in total. The second-order valence-corrected chi connectivity index (χ2v) is 18.8. The van der Waals surface area contributed by atoms with E-state index in [0.717, 1.165) is 133 Å². The number of rotatable bonds is 8. The van der Waals surface area contributed by atoms with Gasteiger partial charge in [0.2, 0.25) is 0 Å². The summed E-state index contributed by atoms with van der Waals surface area (Å²) in [7, 11) is 0. The predicted molar refractivity (Wildman–Crippen MR) is 304 cm³/mol. The zero-order valence-corrected chi connectivity index (χ0v) is 39.4. The van der Waals surface area contributed by atoms with Crippen LogP contribution in [0, 0.1) is 0 Å². The molecule has 3 aromatic heterocycles. The Morgan fingerprint density at radius 1 is 0.205 bits per heavy atom. The number of hydrogen-bond acceptors (Lipinski definition) is 5. The van der Waals surface area contributed by atoms with Crippen molar-refractivity contribution >= 4 is 121 Å². The van der Waals surface area contributed by atoms with Crippen LogP contribution in [-0.4, -0.2) is 0 Å². The molecule has 0 radical (unpaired) electrons. The van der Waals surface area contributed by atoms with Gasteiger partial charge in [0, 0.05) is 78.0 Å². The monoisotopic (exact) mass is 934 g/mol. The SMILES string of the molecule is c1ccc(-c2ccc(N(c3ccc4c(c3)oc3ccccc34)c3ccc4oc5ccc(N(c6ccc(-c7ccccc7)cc6)c6ccc7c(c6)oc6ccccc67)c6cccc(c7cccc3c47)c56)cc2)cc1. The number of anilines is 6. The second-order valence-electron chi connectivity index (χ2n) is 18.8. The van der Waals surface area contributed by atoms with Crippen LogP contribution >= 0.6 is 0 Å². The van der Waals surface area contributed by atoms with E-state index in [-0.39, 0.29) is 0 Å². The quantitative estimate of drug-likeness (QED) is 0.152. The Morgan fingerprint density at radius 2 is 0.548 bits per heavy atom. The van der Waals surface area contributed by atoms with Crippen molar-refractivity contribution in [1.29, 1.82) is 0 Å². The van der Waals surface area contributed by atoms with Crippen molar-refractivity contribution in [2.24, 2.45) is 0 Å². The largest absolute Gasteiger partial charge is 0.456 e. The van der Waals surface area contributed by atoms with Gasteiger partial charge in [-0.25, -0.2) is 0 Å². The van der Waals surface area contributed by atoms with Crippen LogP contribution in [0.5, 0.6) is 0 Å². The molecule has 12 aromatic carbocycles. The summed E-state index contributed by atoms with van der Waals surface area (Å²) in [5.41, 5.74) is 15.8. The van der Waals surface area contributed by atoms with E-state index in [1.165, 1.54) is 11.1 Å². The molecule has 0 atom stereocenters. The first-order chi connectivity index (χ1) is 36.2. The molecule has 0 amide bonds. The van der Waals surface area contributed by atoms with Crippen molar-refractivity contribution in [3.63, 3.8) is 0 Å². The van der Waals surface area contributed by atoms with E-state index < -0.39 is 0 Å². The van der Waals surface area contributed by atoms with Crippen molar-refractivity contribution in [2.75, 3.05) is 9.80 Å². The van der Waals surface area contributed by atoms with E-state index in [0.29, 0.717) is 0 Å². The summed E-state index contributed by atoms with van der Waals surface area (Å²) < 4.78 is 20.2. The molecule has 0 saturated heterocycles. The highest BCUT2D eigenvalue weighted by molar-refractivity contribution is 6.27. The summed E-state index contributed by atoms with van der Waals surface area (Å²) in [4.78, 5) is 4.70. The second kappa shape index (κ2) is 16.4. The zero-order valence-electron chi connectivity index (χ0n) is 39.4. The van der Waals surface area contributed by atoms with Crippen molar-refractivity contribution in [2.45, 2.75) is 0 Å². The highest BCUT2D eigenvalue weighted by atomic mass is 16.3. The molecule has 0 aliphatic carbocycles. The fourth-order valence-corrected chi connectivity index (χ4v) is 11.3. The van der Waals surface area contributed by atoms with E-state index in [4.69, 9.17) is 13.3 Å². The molecule has 0 aliphatic rings. The van der Waals surface area contributed by atoms with Gasteiger partial charge in [-0.05, 0) is 118 Å². The molecule has 0 spiro atoms. The minimum Gasteiger partial charge on any atom is -0.456 e. The summed E-state index contributed by atoms with van der Waals surface area (Å²) in [6, 6.07) is 90.4. The lowest BCUT2D eigenvalue weighted by atomic mass is 9.97. The number of para-hydroxylation sites is 2. The Morgan fingerprint density at radius 3 is 1.00 bits per heavy atom. The Hall–Kier alpha value is -9.84. The van der Waals surface area contributed by atoms with Gasteiger partial charge >= 0.3 is 0 Å². The summed E-state index contributed by atoms with van der Waals surface area (Å²) >= 11 is 0. The number of hydrogen-bond donors (Lipinski definition) is 0. The maximum Gasteiger partial charge on any atom is 0.137 e. The Balaban J connectivity index is 0.937. The fraction of sp³-hybridized carbons (Fsp3) is 0. The summed E-state index contributed by atoms with van der Waals surface area (Å²) in [6.45, 7) is 0. The first-order valence-corrected chi connectivity index (χ1v) is 24.7. The maximum absolute atomic E-state index is 7.18. The standard InChI is InChI=1S/C68H42N2O3/c1-3-13-43(14-4-1)45-25-29-47(30-26-45)69(49-33-35-53-51-17-7-9-23-61(51)71-65(53)41-49)59-37-39-63-67-55(19-11-21-57(59)67)56-20-12-22-58-60(38-40-64(73-63)68(56)58)70(48-31-27-46(28-32-48)44-15-5-2-6-16-44)50-34-36-54-52-18-8-10-24-62(52)72-66(54)42-50/h1-42H. The van der Waals surface area contributed by atoms with Gasteiger partial charge < -0.3 is 23.1 Å². The molecule has 3 heterocycles. The molecule has 0 saturated carbocycles. The third-order valence-electron chi connectivity index (χ3n) is 14.7. The predicted octanol–water partition coefficient (Wildman–Crippen LogP) is 20.0. The first-order valence-electron chi connectivity index (χ1n) is 24.7. The average Bonchev–Trinajstić information content (AvgIpc) is 3.98. The highest BCUT2D eigenvalue weighted by Crippen LogP contribution is 2.48. The number of benzene rings is 12. The van der Waals surface area contributed by atoms with Gasteiger partial charge in [-0.2, -0.15) is 0 Å². The molecule has 73 heavy (non-hydrogen) atoms. The Labute approximate surface area is 419 Å². The van der Waals surface area contributed by atoms with E-state index in [9.17, 15) is 0 Å². The van der Waals surface area contributed by atoms with Crippen LogP contribution in [0.3, 0.4) is 0 Å². The van der Waals surface area contributed by atoms with Gasteiger partial charge in [0.25, 0.3) is 0 Å². The molecule has 15 rings (SSSR count). The van der Waals surface area contributed by atoms with Crippen molar-refractivity contribution in [1.82, 2.24) is 0 Å². The topological polar surface area (TPSA) is 45.9 Å². The first kappa shape index (κ1) is 41.0. The molecule has 0 aliphatic heterocycles. The lowest BCUT2D eigenvalue weighted by Crippen LogP contribution is -2.10. The number of nitrogens with zero attached hydrogens (tertiary/aromatic N) is 2. The van der Waals surface area contributed by atoms with Crippen LogP contribution in [0.1, 0.15) is 0 Å². The van der Waals surface area contributed by atoms with Gasteiger partial charge in [0.15, 0.2) is 0 Å². The minimum absolute atomic E-state index is 0.801. The third-order valence-corrected chi connectivity index (χ3v) is 14.7. The van der Waals surface area contributed by atoms with Crippen LogP contribution in [0.25, 0.3) is 110 Å². The Kier molecular flexibility index (Phi) is 9.19. The molecule has 342 valence electrons. The van der Waals surface area contributed by atoms with E-state index in [1.54, 1.807) is 0 Å². The van der Waals surface area contributed by atoms with Gasteiger partial charge in [0.1, 0.15) is 33.5 Å². The summed E-state index contributed by atoms with van der Waals surface area (Å²) in [6.07, 6.45) is 0. The molecule has 0 fully saturated rings. The molecular weight excluding hydrogens is 893 g/mol. The van der Waals surface area contributed by atoms with Crippen LogP contribution in [0.15, 0.2) is 268 Å². The normalized spacial score (nSPS) is 11.8. The van der Waals surface area contributed by atoms with Crippen molar-refractivity contribution in [3.05, 3.63) is 255 Å². The maximum atomic E-state index is 7.18. The molecule has 5 heteroatoms. The van der Waals surface area contributed by atoms with Gasteiger partial charge in [-0.1, -0.05) is 158 Å². The summed E-state index contributed by atoms with van der Waals surface area (Å²) in [5.74, 6) is 0. The smallest absolute Gasteiger partial charge is 0.137 e. The average molecular weight is 935 g/mol. The fourth-order valence-electron chi connectivity index (χ4n) is 11.3. The number of fused-ring (bicyclic) bond motifs is 7. The van der Waals surface area contributed by atoms with Gasteiger partial charge in [-0.15, -0.1) is 0 Å². The third kappa shape index (κ3) is 6.63.